The van der Waals surface area contributed by atoms with Crippen LogP contribution in [-0.4, -0.2) is 14.2 Å². The summed E-state index contributed by atoms with van der Waals surface area (Å²) in [7, 11) is 3.43. The monoisotopic (exact) mass is 490 g/mol. The van der Waals surface area contributed by atoms with Gasteiger partial charge in [0.05, 0.1) is 14.2 Å². The third kappa shape index (κ3) is 2.78. The molecule has 0 spiro atoms. The molecule has 8 rings (SSSR count). The first-order chi connectivity index (χ1) is 18.8. The predicted molar refractivity (Wildman–Crippen MR) is 157 cm³/mol. The molecular formula is C36H26O2. The van der Waals surface area contributed by atoms with Crippen molar-refractivity contribution in [2.24, 2.45) is 0 Å². The fourth-order valence-electron chi connectivity index (χ4n) is 6.91. The lowest BCUT2D eigenvalue weighted by atomic mass is 9.82. The molecule has 0 fully saturated rings. The summed E-state index contributed by atoms with van der Waals surface area (Å²) in [5.41, 5.74) is 13.2. The molecule has 0 N–H and O–H groups in total. The Hall–Kier alpha value is -4.56. The third-order valence-corrected chi connectivity index (χ3v) is 8.47. The van der Waals surface area contributed by atoms with Gasteiger partial charge in [-0.15, -0.1) is 0 Å². The summed E-state index contributed by atoms with van der Waals surface area (Å²) in [6, 6.07) is 35.4. The van der Waals surface area contributed by atoms with Gasteiger partial charge in [-0.2, -0.15) is 0 Å². The SMILES string of the molecule is COc1cc2c(-c3ccccc3)c3c(c(-c4ccccc4)c2cc1OC)-c1ccc2c4c(ccc-3c14)CC2. The Morgan fingerprint density at radius 3 is 1.34 bits per heavy atom. The lowest BCUT2D eigenvalue weighted by Crippen LogP contribution is -1.96. The summed E-state index contributed by atoms with van der Waals surface area (Å²) in [4.78, 5) is 0. The minimum atomic E-state index is 0.743. The number of fused-ring (bicyclic) bond motifs is 4. The molecule has 0 heterocycles. The van der Waals surface area contributed by atoms with Crippen LogP contribution in [-0.2, 0) is 12.8 Å². The second-order valence-electron chi connectivity index (χ2n) is 10.3. The highest BCUT2D eigenvalue weighted by Gasteiger charge is 2.33. The van der Waals surface area contributed by atoms with E-state index in [0.717, 1.165) is 24.3 Å². The minimum Gasteiger partial charge on any atom is -0.493 e. The highest BCUT2D eigenvalue weighted by Crippen LogP contribution is 2.59. The van der Waals surface area contributed by atoms with Crippen molar-refractivity contribution in [3.05, 3.63) is 108 Å². The van der Waals surface area contributed by atoms with E-state index in [1.54, 1.807) is 14.2 Å². The van der Waals surface area contributed by atoms with Crippen molar-refractivity contribution in [1.82, 2.24) is 0 Å². The quantitative estimate of drug-likeness (QED) is 0.245. The van der Waals surface area contributed by atoms with Gasteiger partial charge in [0.15, 0.2) is 11.5 Å². The highest BCUT2D eigenvalue weighted by molar-refractivity contribution is 6.28. The zero-order chi connectivity index (χ0) is 25.4. The Morgan fingerprint density at radius 1 is 0.474 bits per heavy atom. The zero-order valence-corrected chi connectivity index (χ0v) is 21.5. The maximum Gasteiger partial charge on any atom is 0.161 e. The molecule has 0 amide bonds. The van der Waals surface area contributed by atoms with Gasteiger partial charge in [0.2, 0.25) is 0 Å². The van der Waals surface area contributed by atoms with Crippen LogP contribution in [0.25, 0.3) is 66.1 Å². The second-order valence-corrected chi connectivity index (χ2v) is 10.3. The molecule has 2 aliphatic carbocycles. The van der Waals surface area contributed by atoms with E-state index in [9.17, 15) is 0 Å². The van der Waals surface area contributed by atoms with E-state index in [0.29, 0.717) is 0 Å². The van der Waals surface area contributed by atoms with Crippen LogP contribution in [0.2, 0.25) is 0 Å². The molecule has 38 heavy (non-hydrogen) atoms. The number of hydrogen-bond acceptors (Lipinski definition) is 2. The van der Waals surface area contributed by atoms with Crippen LogP contribution in [0.3, 0.4) is 0 Å². The molecule has 0 bridgehead atoms. The fourth-order valence-corrected chi connectivity index (χ4v) is 6.91. The van der Waals surface area contributed by atoms with E-state index in [1.807, 2.05) is 0 Å². The van der Waals surface area contributed by atoms with Gasteiger partial charge in [-0.3, -0.25) is 0 Å². The Kier molecular flexibility index (Phi) is 4.51. The Labute approximate surface area is 222 Å². The molecule has 6 aromatic carbocycles. The number of rotatable bonds is 4. The molecule has 0 radical (unpaired) electrons. The average Bonchev–Trinajstić information content (AvgIpc) is 3.54. The summed E-state index contributed by atoms with van der Waals surface area (Å²) in [6.45, 7) is 0. The molecule has 2 aliphatic rings. The van der Waals surface area contributed by atoms with Gasteiger partial charge in [-0.25, -0.2) is 0 Å². The number of ether oxygens (including phenoxy) is 2. The van der Waals surface area contributed by atoms with E-state index >= 15 is 0 Å². The smallest absolute Gasteiger partial charge is 0.161 e. The number of aryl methyl sites for hydroxylation is 2. The van der Waals surface area contributed by atoms with Crippen LogP contribution in [0.15, 0.2) is 97.1 Å². The van der Waals surface area contributed by atoms with Gasteiger partial charge in [-0.05, 0) is 102 Å². The number of benzene rings is 6. The van der Waals surface area contributed by atoms with E-state index in [1.165, 1.54) is 77.2 Å². The van der Waals surface area contributed by atoms with Crippen LogP contribution in [0, 0.1) is 0 Å². The molecule has 0 atom stereocenters. The average molecular weight is 491 g/mol. The zero-order valence-electron chi connectivity index (χ0n) is 21.5. The van der Waals surface area contributed by atoms with Crippen molar-refractivity contribution >= 4 is 21.5 Å². The minimum absolute atomic E-state index is 0.743. The lowest BCUT2D eigenvalue weighted by Gasteiger charge is -2.22. The molecule has 0 aliphatic heterocycles. The number of methoxy groups -OCH3 is 2. The molecule has 182 valence electrons. The van der Waals surface area contributed by atoms with Crippen molar-refractivity contribution in [1.29, 1.82) is 0 Å². The Bertz CT molecular complexity index is 1780. The maximum absolute atomic E-state index is 5.83. The first-order valence-corrected chi connectivity index (χ1v) is 13.2. The van der Waals surface area contributed by atoms with E-state index < -0.39 is 0 Å². The summed E-state index contributed by atoms with van der Waals surface area (Å²) in [5.74, 6) is 1.49. The van der Waals surface area contributed by atoms with Crippen LogP contribution >= 0.6 is 0 Å². The second kappa shape index (κ2) is 7.97. The summed E-state index contributed by atoms with van der Waals surface area (Å²) < 4.78 is 11.7. The van der Waals surface area contributed by atoms with Crippen LogP contribution in [0.1, 0.15) is 11.1 Å². The molecular weight excluding hydrogens is 464 g/mol. The van der Waals surface area contributed by atoms with Crippen LogP contribution in [0.4, 0.5) is 0 Å². The first-order valence-electron chi connectivity index (χ1n) is 13.2. The van der Waals surface area contributed by atoms with Gasteiger partial charge in [0.25, 0.3) is 0 Å². The van der Waals surface area contributed by atoms with Crippen molar-refractivity contribution in [3.63, 3.8) is 0 Å². The third-order valence-electron chi connectivity index (χ3n) is 8.47. The summed E-state index contributed by atoms with van der Waals surface area (Å²) in [5, 5.41) is 5.22. The molecule has 0 saturated heterocycles. The van der Waals surface area contributed by atoms with E-state index in [-0.39, 0.29) is 0 Å². The Morgan fingerprint density at radius 2 is 0.921 bits per heavy atom. The predicted octanol–water partition coefficient (Wildman–Crippen LogP) is 9.09. The summed E-state index contributed by atoms with van der Waals surface area (Å²) in [6.07, 6.45) is 2.25. The van der Waals surface area contributed by atoms with Gasteiger partial charge in [-0.1, -0.05) is 84.9 Å². The first kappa shape index (κ1) is 21.5. The lowest BCUT2D eigenvalue weighted by molar-refractivity contribution is 0.356. The van der Waals surface area contributed by atoms with Gasteiger partial charge < -0.3 is 9.47 Å². The van der Waals surface area contributed by atoms with E-state index in [4.69, 9.17) is 9.47 Å². The van der Waals surface area contributed by atoms with Gasteiger partial charge >= 0.3 is 0 Å². The number of hydrogen-bond donors (Lipinski definition) is 0. The molecule has 6 aromatic rings. The van der Waals surface area contributed by atoms with Crippen LogP contribution < -0.4 is 9.47 Å². The van der Waals surface area contributed by atoms with Crippen LogP contribution in [0.5, 0.6) is 11.5 Å². The van der Waals surface area contributed by atoms with Crippen molar-refractivity contribution in [2.45, 2.75) is 12.8 Å². The highest BCUT2D eigenvalue weighted by atomic mass is 16.5. The van der Waals surface area contributed by atoms with Gasteiger partial charge in [0.1, 0.15) is 0 Å². The van der Waals surface area contributed by atoms with E-state index in [2.05, 4.69) is 97.1 Å². The normalized spacial score (nSPS) is 12.8. The molecule has 2 nitrogen and oxygen atoms in total. The maximum atomic E-state index is 5.83. The molecule has 2 heteroatoms. The molecule has 0 saturated carbocycles. The summed E-state index contributed by atoms with van der Waals surface area (Å²) >= 11 is 0. The van der Waals surface area contributed by atoms with Gasteiger partial charge in [0, 0.05) is 0 Å². The Balaban J connectivity index is 1.65. The molecule has 0 unspecified atom stereocenters. The molecule has 0 aromatic heterocycles. The van der Waals surface area contributed by atoms with Crippen molar-refractivity contribution in [3.8, 4) is 56.0 Å². The fraction of sp³-hybridized carbons (Fsp3) is 0.111. The standard InChI is InChI=1S/C36H26O2/c1-37-29-19-27-28(20-30(29)38-2)33(22-11-7-4-8-12-22)36-26-18-16-24-14-13-23-15-17-25(34(26)31(23)24)35(36)32(27)21-9-5-3-6-10-21/h3-12,15-20H,13-14H2,1-2H3. The van der Waals surface area contributed by atoms with Crippen molar-refractivity contribution < 1.29 is 9.47 Å². The van der Waals surface area contributed by atoms with Crippen molar-refractivity contribution in [2.75, 3.05) is 14.2 Å². The topological polar surface area (TPSA) is 18.5 Å². The largest absolute Gasteiger partial charge is 0.493 e.